The van der Waals surface area contributed by atoms with E-state index in [-0.39, 0.29) is 6.61 Å². The number of aliphatic hydroxyl groups is 1. The number of rotatable bonds is 1. The lowest BCUT2D eigenvalue weighted by molar-refractivity contribution is 0.281. The quantitative estimate of drug-likeness (QED) is 0.854. The molecule has 1 N–H and O–H groups in total. The molecule has 0 aliphatic rings. The molecule has 0 unspecified atom stereocenters. The predicted octanol–water partition coefficient (Wildman–Crippen LogP) is 3.34. The van der Waals surface area contributed by atoms with Gasteiger partial charge in [0.05, 0.1) is 17.9 Å². The van der Waals surface area contributed by atoms with Crippen LogP contribution in [0.25, 0.3) is 11.0 Å². The molecule has 0 saturated heterocycles. The normalized spacial score (nSPS) is 11.0. The molecule has 2 rings (SSSR count). The molecule has 13 heavy (non-hydrogen) atoms. The van der Waals surface area contributed by atoms with E-state index in [0.717, 1.165) is 15.4 Å². The number of halogens is 2. The lowest BCUT2D eigenvalue weighted by atomic mass is 10.2. The largest absolute Gasteiger partial charge is 0.462 e. The van der Waals surface area contributed by atoms with E-state index in [0.29, 0.717) is 10.6 Å². The van der Waals surface area contributed by atoms with Crippen molar-refractivity contribution in [1.82, 2.24) is 0 Å². The number of benzene rings is 1. The predicted molar refractivity (Wildman–Crippen MR) is 54.8 cm³/mol. The maximum Gasteiger partial charge on any atom is 0.152 e. The monoisotopic (exact) mass is 260 g/mol. The maximum absolute atomic E-state index is 8.99. The average molecular weight is 262 g/mol. The van der Waals surface area contributed by atoms with Gasteiger partial charge in [0.25, 0.3) is 0 Å². The van der Waals surface area contributed by atoms with Gasteiger partial charge >= 0.3 is 0 Å². The second-order valence-electron chi connectivity index (χ2n) is 2.68. The Labute approximate surface area is 88.2 Å². The third kappa shape index (κ3) is 1.47. The van der Waals surface area contributed by atoms with Gasteiger partial charge in [0.2, 0.25) is 0 Å². The minimum absolute atomic E-state index is 0.0419. The molecule has 0 aliphatic carbocycles. The molecule has 0 spiro atoms. The number of hydrogen-bond acceptors (Lipinski definition) is 2. The fourth-order valence-corrected chi connectivity index (χ4v) is 2.09. The Morgan fingerprint density at radius 3 is 2.92 bits per heavy atom. The van der Waals surface area contributed by atoms with Gasteiger partial charge in [0, 0.05) is 15.4 Å². The molecular weight excluding hydrogens is 255 g/mol. The van der Waals surface area contributed by atoms with Crippen molar-refractivity contribution in [3.63, 3.8) is 0 Å². The highest BCUT2D eigenvalue weighted by molar-refractivity contribution is 9.10. The van der Waals surface area contributed by atoms with Crippen molar-refractivity contribution >= 4 is 38.5 Å². The van der Waals surface area contributed by atoms with Gasteiger partial charge in [-0.25, -0.2) is 0 Å². The van der Waals surface area contributed by atoms with Crippen LogP contribution in [0.2, 0.25) is 5.02 Å². The van der Waals surface area contributed by atoms with E-state index in [9.17, 15) is 0 Å². The van der Waals surface area contributed by atoms with Crippen LogP contribution >= 0.6 is 27.5 Å². The number of hydrogen-bond donors (Lipinski definition) is 1. The summed E-state index contributed by atoms with van der Waals surface area (Å²) in [6.07, 6.45) is 1.52. The van der Waals surface area contributed by atoms with E-state index in [1.807, 2.05) is 6.07 Å². The lowest BCUT2D eigenvalue weighted by Gasteiger charge is -1.95. The summed E-state index contributed by atoms with van der Waals surface area (Å²) in [5.41, 5.74) is 1.37. The van der Waals surface area contributed by atoms with Crippen LogP contribution < -0.4 is 0 Å². The fourth-order valence-electron chi connectivity index (χ4n) is 1.23. The van der Waals surface area contributed by atoms with Crippen molar-refractivity contribution in [3.05, 3.63) is 33.5 Å². The van der Waals surface area contributed by atoms with E-state index in [1.165, 1.54) is 6.26 Å². The first-order valence-corrected chi connectivity index (χ1v) is 4.85. The molecule has 0 amide bonds. The van der Waals surface area contributed by atoms with Gasteiger partial charge in [0.15, 0.2) is 5.58 Å². The number of aliphatic hydroxyl groups excluding tert-OH is 1. The van der Waals surface area contributed by atoms with Gasteiger partial charge in [-0.15, -0.1) is 0 Å². The molecule has 1 heterocycles. The topological polar surface area (TPSA) is 33.4 Å². The Kier molecular flexibility index (Phi) is 2.32. The van der Waals surface area contributed by atoms with Crippen LogP contribution in [-0.4, -0.2) is 5.11 Å². The van der Waals surface area contributed by atoms with Gasteiger partial charge in [0.1, 0.15) is 0 Å². The zero-order chi connectivity index (χ0) is 9.42. The molecule has 68 valence electrons. The molecule has 0 atom stereocenters. The molecule has 0 aliphatic heterocycles. The van der Waals surface area contributed by atoms with Crippen molar-refractivity contribution in [1.29, 1.82) is 0 Å². The van der Waals surface area contributed by atoms with E-state index < -0.39 is 0 Å². The molecular formula is C9H6BrClO2. The van der Waals surface area contributed by atoms with Crippen LogP contribution in [0.4, 0.5) is 0 Å². The van der Waals surface area contributed by atoms with E-state index in [2.05, 4.69) is 15.9 Å². The molecule has 1 aromatic carbocycles. The van der Waals surface area contributed by atoms with Crippen LogP contribution in [0.5, 0.6) is 0 Å². The maximum atomic E-state index is 8.99. The summed E-state index contributed by atoms with van der Waals surface area (Å²) >= 11 is 9.25. The summed E-state index contributed by atoms with van der Waals surface area (Å²) in [4.78, 5) is 0. The zero-order valence-electron chi connectivity index (χ0n) is 6.55. The van der Waals surface area contributed by atoms with Gasteiger partial charge in [-0.3, -0.25) is 0 Å². The minimum Gasteiger partial charge on any atom is -0.462 e. The summed E-state index contributed by atoms with van der Waals surface area (Å²) < 4.78 is 6.09. The highest BCUT2D eigenvalue weighted by Gasteiger charge is 2.09. The van der Waals surface area contributed by atoms with Gasteiger partial charge in [-0.2, -0.15) is 0 Å². The number of furan rings is 1. The molecule has 0 bridgehead atoms. The minimum atomic E-state index is -0.0419. The Balaban J connectivity index is 2.82. The van der Waals surface area contributed by atoms with E-state index in [1.54, 1.807) is 6.07 Å². The van der Waals surface area contributed by atoms with Crippen LogP contribution in [0.3, 0.4) is 0 Å². The second-order valence-corrected chi connectivity index (χ2v) is 4.01. The first-order valence-electron chi connectivity index (χ1n) is 3.68. The Bertz CT molecular complexity index is 450. The van der Waals surface area contributed by atoms with Crippen LogP contribution in [0, 0.1) is 0 Å². The summed E-state index contributed by atoms with van der Waals surface area (Å²) in [6, 6.07) is 3.63. The Morgan fingerprint density at radius 1 is 1.46 bits per heavy atom. The van der Waals surface area contributed by atoms with Crippen molar-refractivity contribution < 1.29 is 9.52 Å². The van der Waals surface area contributed by atoms with E-state index >= 15 is 0 Å². The number of fused-ring (bicyclic) bond motifs is 1. The van der Waals surface area contributed by atoms with Crippen LogP contribution in [0.1, 0.15) is 5.56 Å². The van der Waals surface area contributed by atoms with E-state index in [4.69, 9.17) is 21.1 Å². The zero-order valence-corrected chi connectivity index (χ0v) is 8.89. The molecule has 0 saturated carbocycles. The fraction of sp³-hybridized carbons (Fsp3) is 0.111. The van der Waals surface area contributed by atoms with Gasteiger partial charge < -0.3 is 9.52 Å². The molecule has 1 aromatic heterocycles. The third-order valence-electron chi connectivity index (χ3n) is 1.84. The van der Waals surface area contributed by atoms with Gasteiger partial charge in [-0.1, -0.05) is 27.5 Å². The average Bonchev–Trinajstić information content (AvgIpc) is 2.47. The highest BCUT2D eigenvalue weighted by Crippen LogP contribution is 2.31. The third-order valence-corrected chi connectivity index (χ3v) is 2.58. The van der Waals surface area contributed by atoms with Crippen LogP contribution in [-0.2, 0) is 6.61 Å². The summed E-state index contributed by atoms with van der Waals surface area (Å²) in [6.45, 7) is -0.0419. The molecule has 0 radical (unpaired) electrons. The molecule has 4 heteroatoms. The molecule has 2 aromatic rings. The van der Waals surface area contributed by atoms with Crippen molar-refractivity contribution in [2.75, 3.05) is 0 Å². The first kappa shape index (κ1) is 9.06. The molecule has 0 fully saturated rings. The van der Waals surface area contributed by atoms with Gasteiger partial charge in [-0.05, 0) is 12.1 Å². The lowest BCUT2D eigenvalue weighted by Crippen LogP contribution is -1.78. The summed E-state index contributed by atoms with van der Waals surface area (Å²) in [5.74, 6) is 0. The first-order chi connectivity index (χ1) is 6.22. The summed E-state index contributed by atoms with van der Waals surface area (Å²) in [5, 5.41) is 10.4. The SMILES string of the molecule is OCc1coc2c(Cl)cc(Br)cc12. The van der Waals surface area contributed by atoms with Crippen molar-refractivity contribution in [2.24, 2.45) is 0 Å². The van der Waals surface area contributed by atoms with Crippen molar-refractivity contribution in [3.8, 4) is 0 Å². The Morgan fingerprint density at radius 2 is 2.23 bits per heavy atom. The van der Waals surface area contributed by atoms with Crippen LogP contribution in [0.15, 0.2) is 27.3 Å². The summed E-state index contributed by atoms with van der Waals surface area (Å²) in [7, 11) is 0. The standard InChI is InChI=1S/C9H6BrClO2/c10-6-1-7-5(3-12)4-13-9(7)8(11)2-6/h1-2,4,12H,3H2. The Hall–Kier alpha value is -0.510. The smallest absolute Gasteiger partial charge is 0.152 e. The van der Waals surface area contributed by atoms with Crippen molar-refractivity contribution in [2.45, 2.75) is 6.61 Å². The highest BCUT2D eigenvalue weighted by atomic mass is 79.9. The second kappa shape index (κ2) is 3.33. The molecule has 2 nitrogen and oxygen atoms in total.